The smallest absolute Gasteiger partial charge is 0.223 e. The molecule has 2 saturated heterocycles. The Morgan fingerprint density at radius 3 is 1.48 bits per heavy atom. The summed E-state index contributed by atoms with van der Waals surface area (Å²) in [6.07, 6.45) is 16.5. The zero-order valence-corrected chi connectivity index (χ0v) is 48.6. The number of benzene rings is 4. The van der Waals surface area contributed by atoms with Crippen molar-refractivity contribution in [2.24, 2.45) is 11.8 Å². The molecule has 19 nitrogen and oxygen atoms in total. The molecule has 2 aliphatic heterocycles. The highest BCUT2D eigenvalue weighted by molar-refractivity contribution is 6.33. The lowest BCUT2D eigenvalue weighted by atomic mass is 9.95. The van der Waals surface area contributed by atoms with Gasteiger partial charge in [-0.2, -0.15) is 0 Å². The van der Waals surface area contributed by atoms with Gasteiger partial charge in [-0.25, -0.2) is 39.9 Å². The van der Waals surface area contributed by atoms with Crippen molar-refractivity contribution in [3.05, 3.63) is 162 Å². The van der Waals surface area contributed by atoms with Crippen LogP contribution in [-0.4, -0.2) is 99.2 Å². The number of nitrogens with zero attached hydrogens (tertiary/aromatic N) is 10. The third kappa shape index (κ3) is 11.4. The molecule has 8 atom stereocenters. The van der Waals surface area contributed by atoms with Gasteiger partial charge in [-0.05, 0) is 149 Å². The fraction of sp³-hybridized carbons (Fsp3) is 0.375. The van der Waals surface area contributed by atoms with Gasteiger partial charge in [-0.1, -0.05) is 60.1 Å². The molecule has 4 aromatic carbocycles. The summed E-state index contributed by atoms with van der Waals surface area (Å²) in [5, 5.41) is 10.9. The van der Waals surface area contributed by atoms with Crippen LogP contribution in [0.15, 0.2) is 135 Å². The van der Waals surface area contributed by atoms with Crippen molar-refractivity contribution in [1.82, 2.24) is 49.0 Å². The Hall–Kier alpha value is -8.07. The first-order valence-electron chi connectivity index (χ1n) is 28.7. The molecule has 0 amide bonds. The van der Waals surface area contributed by atoms with Gasteiger partial charge in [0.1, 0.15) is 58.6 Å². The molecule has 0 bridgehead atoms. The summed E-state index contributed by atoms with van der Waals surface area (Å²) in [4.78, 5) is 36.0. The normalized spacial score (nSPS) is 22.9. The molecular weight excluding hydrogens is 1080 g/mol. The van der Waals surface area contributed by atoms with Gasteiger partial charge >= 0.3 is 0 Å². The second-order valence-corrected chi connectivity index (χ2v) is 23.6. The van der Waals surface area contributed by atoms with Crippen LogP contribution < -0.4 is 25.8 Å². The van der Waals surface area contributed by atoms with Gasteiger partial charge in [0.25, 0.3) is 0 Å². The van der Waals surface area contributed by atoms with Crippen LogP contribution in [0.5, 0.6) is 11.5 Å². The minimum absolute atomic E-state index is 0.0105. The Labute approximate surface area is 491 Å². The van der Waals surface area contributed by atoms with Crippen molar-refractivity contribution in [2.75, 3.05) is 30.6 Å². The largest absolute Gasteiger partial charge is 0.497 e. The summed E-state index contributed by atoms with van der Waals surface area (Å²) in [6, 6.07) is 33.0. The number of fused-ring (bicyclic) bond motifs is 6. The molecule has 20 heteroatoms. The van der Waals surface area contributed by atoms with E-state index in [-0.39, 0.29) is 36.5 Å². The summed E-state index contributed by atoms with van der Waals surface area (Å²) >= 11 is 6.35. The van der Waals surface area contributed by atoms with Crippen molar-refractivity contribution in [1.29, 1.82) is 0 Å². The summed E-state index contributed by atoms with van der Waals surface area (Å²) in [5.41, 5.74) is 14.4. The van der Waals surface area contributed by atoms with Gasteiger partial charge < -0.3 is 53.9 Å². The van der Waals surface area contributed by atoms with Crippen LogP contribution in [0, 0.1) is 11.8 Å². The number of aryl methyl sites for hydroxylation is 2. The van der Waals surface area contributed by atoms with Crippen molar-refractivity contribution in [3.63, 3.8) is 0 Å². The Kier molecular flexibility index (Phi) is 15.0. The first-order valence-corrected chi connectivity index (χ1v) is 29.1. The molecule has 432 valence electrons. The Bertz CT molecular complexity index is 3730. The Balaban J connectivity index is 0.000000157. The van der Waals surface area contributed by atoms with Gasteiger partial charge in [0.15, 0.2) is 11.6 Å². The Morgan fingerprint density at radius 2 is 0.988 bits per heavy atom. The molecule has 2 aliphatic carbocycles. The van der Waals surface area contributed by atoms with E-state index in [2.05, 4.69) is 92.3 Å². The second-order valence-electron chi connectivity index (χ2n) is 23.3. The second kappa shape index (κ2) is 22.8. The third-order valence-corrected chi connectivity index (χ3v) is 17.2. The molecule has 6 aromatic heterocycles. The van der Waals surface area contributed by atoms with Gasteiger partial charge in [0.2, 0.25) is 11.9 Å². The maximum absolute atomic E-state index is 6.47. The lowest BCUT2D eigenvalue weighted by Gasteiger charge is -2.24. The molecule has 14 rings (SSSR count). The number of hydrogen-bond donors (Lipinski definition) is 3. The third-order valence-electron chi connectivity index (χ3n) is 16.9. The minimum atomic E-state index is -0.628. The number of aromatic nitrogens is 10. The molecule has 2 unspecified atom stereocenters. The molecule has 10 aromatic rings. The number of nitrogen functional groups attached to an aromatic ring is 1. The number of ether oxygens (including phenoxy) is 6. The summed E-state index contributed by atoms with van der Waals surface area (Å²) in [5.74, 6) is 2.80. The molecule has 4 N–H and O–H groups in total. The van der Waals surface area contributed by atoms with Crippen LogP contribution in [0.2, 0.25) is 5.15 Å². The Morgan fingerprint density at radius 1 is 0.548 bits per heavy atom. The van der Waals surface area contributed by atoms with E-state index in [0.29, 0.717) is 47.8 Å². The van der Waals surface area contributed by atoms with Gasteiger partial charge in [0, 0.05) is 48.6 Å². The zero-order chi connectivity index (χ0) is 57.7. The van der Waals surface area contributed by atoms with Crippen molar-refractivity contribution in [3.8, 4) is 11.5 Å². The monoisotopic (exact) mass is 1150 g/mol. The highest BCUT2D eigenvalue weighted by Gasteiger charge is 2.55. The first kappa shape index (κ1) is 55.1. The molecule has 84 heavy (non-hydrogen) atoms. The number of halogens is 1. The van der Waals surface area contributed by atoms with Gasteiger partial charge in [-0.15, -0.1) is 0 Å². The number of nitrogens with one attached hydrogen (secondary N) is 2. The van der Waals surface area contributed by atoms with E-state index in [1.165, 1.54) is 23.8 Å². The predicted molar refractivity (Wildman–Crippen MR) is 323 cm³/mol. The quantitative estimate of drug-likeness (QED) is 0.0766. The van der Waals surface area contributed by atoms with Crippen molar-refractivity contribution < 1.29 is 28.4 Å². The average Bonchev–Trinajstić information content (AvgIpc) is 2.70. The molecule has 0 spiro atoms. The molecule has 2 saturated carbocycles. The number of hydrogen-bond acceptors (Lipinski definition) is 17. The van der Waals surface area contributed by atoms with E-state index in [1.54, 1.807) is 14.2 Å². The number of anilines is 3. The standard InChI is InChI=1S/C32H33ClN6O3.C32H35N7O3/c2*1-32(2)41-27-21(15-26(28(27)42-32)39-13-12-24-29(33)36-18-37-30(24)39)8-4-19-5-9-22-17-35-31(38-25(22)14-19)34-16-20-6-10-23(40-3)11-7-20/h5-7,9-14,17-18,21,26-28H,4,8,15-16H2,1-3H3,(H,34,35,38);5-7,9-14,17-18,21,26-28H,4,8,15-16H2,1-3H3,(H2,33,36,37)(H,34,35,38)/t2*21?,26-,27-,28+/m11/s1. The maximum atomic E-state index is 6.47. The van der Waals surface area contributed by atoms with Gasteiger partial charge in [-0.3, -0.25) is 0 Å². The highest BCUT2D eigenvalue weighted by atomic mass is 35.5. The lowest BCUT2D eigenvalue weighted by molar-refractivity contribution is -0.160. The number of methoxy groups -OCH3 is 2. The molecular formula is C64H68ClN13O6. The van der Waals surface area contributed by atoms with Crippen LogP contribution in [0.25, 0.3) is 43.9 Å². The van der Waals surface area contributed by atoms with Crippen molar-refractivity contribution >= 4 is 73.2 Å². The maximum Gasteiger partial charge on any atom is 0.223 e. The van der Waals surface area contributed by atoms with E-state index in [4.69, 9.17) is 55.7 Å². The van der Waals surface area contributed by atoms with Crippen LogP contribution in [0.4, 0.5) is 17.7 Å². The fourth-order valence-electron chi connectivity index (χ4n) is 12.9. The summed E-state index contributed by atoms with van der Waals surface area (Å²) in [7, 11) is 3.34. The highest BCUT2D eigenvalue weighted by Crippen LogP contribution is 2.51. The topological polar surface area (TPSA) is 218 Å². The van der Waals surface area contributed by atoms with Crippen LogP contribution >= 0.6 is 11.6 Å². The van der Waals surface area contributed by atoms with Gasteiger partial charge in [0.05, 0.1) is 60.3 Å². The van der Waals surface area contributed by atoms with E-state index >= 15 is 0 Å². The molecule has 0 radical (unpaired) electrons. The molecule has 4 fully saturated rings. The summed E-state index contributed by atoms with van der Waals surface area (Å²) < 4.78 is 40.7. The fourth-order valence-corrected chi connectivity index (χ4v) is 13.1. The van der Waals surface area contributed by atoms with Crippen LogP contribution in [0.3, 0.4) is 0 Å². The number of rotatable bonds is 16. The average molecular weight is 1150 g/mol. The van der Waals surface area contributed by atoms with Crippen molar-refractivity contribution in [2.45, 2.75) is 127 Å². The summed E-state index contributed by atoms with van der Waals surface area (Å²) in [6.45, 7) is 9.25. The number of nitrogens with two attached hydrogens (primary N) is 1. The SMILES string of the molecule is COc1ccc(CNc2ncc3ccc(CCC4C[C@@H](n5ccc6c(Cl)ncnc65)[C@@H]5OC(C)(C)O[C@H]45)cc3n2)cc1.COc1ccc(CNc2ncc3ccc(CCC4C[C@@H](n5ccc6c(N)ncnc65)[C@@H]5OC(C)(C)O[C@H]45)cc3n2)cc1. The van der Waals surface area contributed by atoms with E-state index in [0.717, 1.165) is 105 Å². The molecule has 4 aliphatic rings. The van der Waals surface area contributed by atoms with E-state index in [1.807, 2.05) is 107 Å². The minimum Gasteiger partial charge on any atom is -0.497 e. The molecule has 8 heterocycles. The van der Waals surface area contributed by atoms with E-state index in [9.17, 15) is 0 Å². The predicted octanol–water partition coefficient (Wildman–Crippen LogP) is 11.7. The lowest BCUT2D eigenvalue weighted by Crippen LogP contribution is -2.27. The van der Waals surface area contributed by atoms with E-state index < -0.39 is 11.6 Å². The first-order chi connectivity index (χ1) is 40.7. The zero-order valence-electron chi connectivity index (χ0n) is 47.9. The van der Waals surface area contributed by atoms with Crippen LogP contribution in [0.1, 0.15) is 87.7 Å². The van der Waals surface area contributed by atoms with Crippen LogP contribution in [-0.2, 0) is 44.9 Å².